The number of hydrogen-bond acceptors (Lipinski definition) is 4. The Balaban J connectivity index is 2.45. The maximum atomic E-state index is 11.4. The zero-order valence-corrected chi connectivity index (χ0v) is 8.58. The van der Waals surface area contributed by atoms with Gasteiger partial charge in [-0.25, -0.2) is 0 Å². The van der Waals surface area contributed by atoms with Crippen LogP contribution in [0.5, 0.6) is 11.5 Å². The second-order valence-electron chi connectivity index (χ2n) is 3.44. The Labute approximate surface area is 88.0 Å². The molecule has 15 heavy (non-hydrogen) atoms. The van der Waals surface area contributed by atoms with Crippen molar-refractivity contribution in [3.05, 3.63) is 23.3 Å². The second-order valence-corrected chi connectivity index (χ2v) is 3.44. The molecular formula is C11H13NO3. The van der Waals surface area contributed by atoms with Crippen LogP contribution in [0.15, 0.2) is 12.1 Å². The van der Waals surface area contributed by atoms with E-state index in [9.17, 15) is 4.79 Å². The van der Waals surface area contributed by atoms with Crippen LogP contribution >= 0.6 is 0 Å². The summed E-state index contributed by atoms with van der Waals surface area (Å²) >= 11 is 0. The Hall–Kier alpha value is -1.55. The number of carbonyl (C=O) groups is 1. The predicted molar refractivity (Wildman–Crippen MR) is 55.6 cm³/mol. The number of carbonyl (C=O) groups excluding carboxylic acids is 1. The molecular weight excluding hydrogens is 194 g/mol. The van der Waals surface area contributed by atoms with E-state index < -0.39 is 0 Å². The summed E-state index contributed by atoms with van der Waals surface area (Å²) in [6.07, 6.45) is 0. The average Bonchev–Trinajstić information content (AvgIpc) is 2.28. The van der Waals surface area contributed by atoms with Gasteiger partial charge in [-0.2, -0.15) is 0 Å². The molecule has 2 N–H and O–H groups in total. The van der Waals surface area contributed by atoms with Gasteiger partial charge in [0.05, 0.1) is 6.54 Å². The highest BCUT2D eigenvalue weighted by Gasteiger charge is 2.17. The van der Waals surface area contributed by atoms with Gasteiger partial charge in [0.25, 0.3) is 0 Å². The first-order chi connectivity index (χ1) is 7.22. The van der Waals surface area contributed by atoms with Gasteiger partial charge in [-0.1, -0.05) is 0 Å². The lowest BCUT2D eigenvalue weighted by Crippen LogP contribution is -2.18. The van der Waals surface area contributed by atoms with Gasteiger partial charge in [0.1, 0.15) is 13.2 Å². The molecule has 0 saturated carbocycles. The molecule has 4 nitrogen and oxygen atoms in total. The van der Waals surface area contributed by atoms with E-state index in [4.69, 9.17) is 15.2 Å². The summed E-state index contributed by atoms with van der Waals surface area (Å²) in [5, 5.41) is 0. The van der Waals surface area contributed by atoms with E-state index in [1.807, 2.05) is 6.92 Å². The van der Waals surface area contributed by atoms with E-state index in [2.05, 4.69) is 0 Å². The van der Waals surface area contributed by atoms with Gasteiger partial charge >= 0.3 is 0 Å². The van der Waals surface area contributed by atoms with Crippen molar-refractivity contribution in [1.82, 2.24) is 0 Å². The highest BCUT2D eigenvalue weighted by Crippen LogP contribution is 2.34. The average molecular weight is 207 g/mol. The molecule has 0 saturated heterocycles. The number of ether oxygens (including phenoxy) is 2. The first-order valence-corrected chi connectivity index (χ1v) is 4.86. The van der Waals surface area contributed by atoms with Crippen molar-refractivity contribution in [1.29, 1.82) is 0 Å². The Morgan fingerprint density at radius 2 is 2.13 bits per heavy atom. The Kier molecular flexibility index (Phi) is 2.60. The van der Waals surface area contributed by atoms with Crippen molar-refractivity contribution in [3.63, 3.8) is 0 Å². The summed E-state index contributed by atoms with van der Waals surface area (Å²) in [6, 6.07) is 3.47. The van der Waals surface area contributed by atoms with E-state index in [0.717, 1.165) is 11.3 Å². The van der Waals surface area contributed by atoms with Gasteiger partial charge in [-0.05, 0) is 24.6 Å². The minimum atomic E-state index is -0.0879. The van der Waals surface area contributed by atoms with Gasteiger partial charge in [0.15, 0.2) is 17.3 Å². The van der Waals surface area contributed by atoms with E-state index in [1.54, 1.807) is 12.1 Å². The number of fused-ring (bicyclic) bond motifs is 1. The van der Waals surface area contributed by atoms with E-state index in [0.29, 0.717) is 24.5 Å². The van der Waals surface area contributed by atoms with Crippen molar-refractivity contribution in [2.45, 2.75) is 6.92 Å². The first kappa shape index (κ1) is 9.98. The summed E-state index contributed by atoms with van der Waals surface area (Å²) in [7, 11) is 0. The lowest BCUT2D eigenvalue weighted by molar-refractivity contribution is 0.1000. The molecule has 0 atom stereocenters. The zero-order valence-electron chi connectivity index (χ0n) is 8.58. The van der Waals surface area contributed by atoms with Crippen LogP contribution in [0.4, 0.5) is 0 Å². The van der Waals surface area contributed by atoms with Crippen LogP contribution in [-0.4, -0.2) is 25.5 Å². The molecule has 1 aliphatic rings. The van der Waals surface area contributed by atoms with Gasteiger partial charge in [0, 0.05) is 5.56 Å². The smallest absolute Gasteiger partial charge is 0.176 e. The van der Waals surface area contributed by atoms with E-state index >= 15 is 0 Å². The topological polar surface area (TPSA) is 61.6 Å². The molecule has 1 aliphatic heterocycles. The van der Waals surface area contributed by atoms with Crippen molar-refractivity contribution in [2.75, 3.05) is 19.8 Å². The molecule has 0 unspecified atom stereocenters. The van der Waals surface area contributed by atoms with Crippen LogP contribution in [0.2, 0.25) is 0 Å². The van der Waals surface area contributed by atoms with Crippen LogP contribution in [-0.2, 0) is 0 Å². The molecule has 2 rings (SSSR count). The number of nitrogens with two attached hydrogens (primary N) is 1. The molecule has 0 aromatic heterocycles. The SMILES string of the molecule is Cc1cc(C(=O)CN)cc2c1OCCO2. The highest BCUT2D eigenvalue weighted by atomic mass is 16.6. The third kappa shape index (κ3) is 1.80. The minimum absolute atomic E-state index is 0.0130. The number of ketones is 1. The highest BCUT2D eigenvalue weighted by molar-refractivity contribution is 5.98. The molecule has 1 aromatic carbocycles. The van der Waals surface area contributed by atoms with Crippen LogP contribution < -0.4 is 15.2 Å². The Bertz CT molecular complexity index is 401. The zero-order chi connectivity index (χ0) is 10.8. The molecule has 1 aromatic rings. The van der Waals surface area contributed by atoms with Gasteiger partial charge in [-0.3, -0.25) is 4.79 Å². The molecule has 1 heterocycles. The van der Waals surface area contributed by atoms with Crippen LogP contribution in [0.25, 0.3) is 0 Å². The first-order valence-electron chi connectivity index (χ1n) is 4.86. The van der Waals surface area contributed by atoms with Crippen molar-refractivity contribution >= 4 is 5.78 Å². The molecule has 0 spiro atoms. The van der Waals surface area contributed by atoms with Gasteiger partial charge in [0.2, 0.25) is 0 Å². The number of Topliss-reactive ketones (excluding diaryl/α,β-unsaturated/α-hetero) is 1. The standard InChI is InChI=1S/C11H13NO3/c1-7-4-8(9(13)6-12)5-10-11(7)15-3-2-14-10/h4-5H,2-3,6,12H2,1H3. The predicted octanol–water partition coefficient (Wildman–Crippen LogP) is 0.908. The Morgan fingerprint density at radius 1 is 1.40 bits per heavy atom. The van der Waals surface area contributed by atoms with Gasteiger partial charge in [-0.15, -0.1) is 0 Å². The van der Waals surface area contributed by atoms with E-state index in [-0.39, 0.29) is 12.3 Å². The minimum Gasteiger partial charge on any atom is -0.486 e. The van der Waals surface area contributed by atoms with Crippen LogP contribution in [0.3, 0.4) is 0 Å². The quantitative estimate of drug-likeness (QED) is 0.732. The molecule has 0 bridgehead atoms. The lowest BCUT2D eigenvalue weighted by Gasteiger charge is -2.20. The molecule has 0 amide bonds. The van der Waals surface area contributed by atoms with Crippen LogP contribution in [0.1, 0.15) is 15.9 Å². The molecule has 0 aliphatic carbocycles. The fourth-order valence-corrected chi connectivity index (χ4v) is 1.61. The van der Waals surface area contributed by atoms with Crippen molar-refractivity contribution in [3.8, 4) is 11.5 Å². The summed E-state index contributed by atoms with van der Waals surface area (Å²) in [5.74, 6) is 1.28. The van der Waals surface area contributed by atoms with E-state index in [1.165, 1.54) is 0 Å². The maximum Gasteiger partial charge on any atom is 0.176 e. The normalized spacial score (nSPS) is 13.7. The summed E-state index contributed by atoms with van der Waals surface area (Å²) in [5.41, 5.74) is 6.80. The van der Waals surface area contributed by atoms with Crippen molar-refractivity contribution < 1.29 is 14.3 Å². The second kappa shape index (κ2) is 3.90. The fraction of sp³-hybridized carbons (Fsp3) is 0.364. The van der Waals surface area contributed by atoms with Gasteiger partial charge < -0.3 is 15.2 Å². The summed E-state index contributed by atoms with van der Waals surface area (Å²) in [6.45, 7) is 2.98. The molecule has 80 valence electrons. The number of hydrogen-bond donors (Lipinski definition) is 1. The fourth-order valence-electron chi connectivity index (χ4n) is 1.61. The largest absolute Gasteiger partial charge is 0.486 e. The number of rotatable bonds is 2. The monoisotopic (exact) mass is 207 g/mol. The molecule has 0 fully saturated rings. The van der Waals surface area contributed by atoms with Crippen LogP contribution in [0, 0.1) is 6.92 Å². The Morgan fingerprint density at radius 3 is 2.87 bits per heavy atom. The third-order valence-electron chi connectivity index (χ3n) is 2.34. The summed E-state index contributed by atoms with van der Waals surface area (Å²) < 4.78 is 10.9. The number of benzene rings is 1. The third-order valence-corrected chi connectivity index (χ3v) is 2.34. The lowest BCUT2D eigenvalue weighted by atomic mass is 10.1. The summed E-state index contributed by atoms with van der Waals surface area (Å²) in [4.78, 5) is 11.4. The number of aryl methyl sites for hydroxylation is 1. The van der Waals surface area contributed by atoms with Crippen molar-refractivity contribution in [2.24, 2.45) is 5.73 Å². The maximum absolute atomic E-state index is 11.4. The molecule has 4 heteroatoms. The molecule has 0 radical (unpaired) electrons.